The van der Waals surface area contributed by atoms with Gasteiger partial charge >= 0.3 is 6.18 Å². The Hall–Kier alpha value is -0.290. The second-order valence-corrected chi connectivity index (χ2v) is 6.92. The fourth-order valence-corrected chi connectivity index (χ4v) is 4.26. The second-order valence-electron chi connectivity index (χ2n) is 6.92. The van der Waals surface area contributed by atoms with Crippen molar-refractivity contribution < 1.29 is 13.2 Å². The minimum Gasteiger partial charge on any atom is -0.311 e. The zero-order valence-electron chi connectivity index (χ0n) is 12.0. The molecule has 3 aliphatic rings. The molecule has 2 atom stereocenters. The average molecular weight is 290 g/mol. The molecule has 20 heavy (non-hydrogen) atoms. The fourth-order valence-electron chi connectivity index (χ4n) is 4.26. The first-order valence-electron chi connectivity index (χ1n) is 8.06. The van der Waals surface area contributed by atoms with Crippen molar-refractivity contribution in [3.8, 4) is 0 Å². The van der Waals surface area contributed by atoms with Crippen LogP contribution in [0.5, 0.6) is 0 Å². The van der Waals surface area contributed by atoms with E-state index >= 15 is 0 Å². The number of likely N-dealkylation sites (tertiary alicyclic amines) is 1. The molecule has 2 bridgehead atoms. The largest absolute Gasteiger partial charge is 0.391 e. The molecule has 0 saturated carbocycles. The van der Waals surface area contributed by atoms with Crippen LogP contribution in [0.15, 0.2) is 0 Å². The zero-order chi connectivity index (χ0) is 14.2. The van der Waals surface area contributed by atoms with Crippen molar-refractivity contribution in [2.75, 3.05) is 19.6 Å². The molecule has 1 N–H and O–H groups in total. The summed E-state index contributed by atoms with van der Waals surface area (Å²) in [5, 5.41) is 3.64. The van der Waals surface area contributed by atoms with Gasteiger partial charge in [0, 0.05) is 12.1 Å². The summed E-state index contributed by atoms with van der Waals surface area (Å²) in [5.41, 5.74) is 0. The summed E-state index contributed by atoms with van der Waals surface area (Å²) in [6, 6.07) is 1.43. The molecule has 0 aromatic heterocycles. The van der Waals surface area contributed by atoms with E-state index in [-0.39, 0.29) is 0 Å². The third-order valence-corrected chi connectivity index (χ3v) is 5.47. The normalized spacial score (nSPS) is 36.5. The molecule has 3 rings (SSSR count). The third kappa shape index (κ3) is 3.48. The molecule has 2 unspecified atom stereocenters. The number of hydrogen-bond acceptors (Lipinski definition) is 2. The van der Waals surface area contributed by atoms with Gasteiger partial charge in [-0.3, -0.25) is 0 Å². The van der Waals surface area contributed by atoms with Crippen molar-refractivity contribution in [3.05, 3.63) is 0 Å². The Morgan fingerprint density at radius 3 is 2.10 bits per heavy atom. The lowest BCUT2D eigenvalue weighted by atomic mass is 9.89. The molecule has 0 aromatic carbocycles. The molecule has 0 spiro atoms. The molecule has 3 heterocycles. The summed E-state index contributed by atoms with van der Waals surface area (Å²) >= 11 is 0. The van der Waals surface area contributed by atoms with Gasteiger partial charge in [-0.1, -0.05) is 0 Å². The molecule has 3 saturated heterocycles. The summed E-state index contributed by atoms with van der Waals surface area (Å²) in [7, 11) is 0. The highest BCUT2D eigenvalue weighted by molar-refractivity contribution is 4.92. The lowest BCUT2D eigenvalue weighted by Gasteiger charge is -2.35. The molecular weight excluding hydrogens is 265 g/mol. The fraction of sp³-hybridized carbons (Fsp3) is 1.00. The van der Waals surface area contributed by atoms with Crippen LogP contribution in [0.2, 0.25) is 0 Å². The highest BCUT2D eigenvalue weighted by Crippen LogP contribution is 2.35. The van der Waals surface area contributed by atoms with Gasteiger partial charge in [0.15, 0.2) is 0 Å². The van der Waals surface area contributed by atoms with Crippen molar-refractivity contribution in [2.45, 2.75) is 63.2 Å². The van der Waals surface area contributed by atoms with Crippen molar-refractivity contribution in [1.82, 2.24) is 10.2 Å². The molecule has 0 radical (unpaired) electrons. The molecule has 3 aliphatic heterocycles. The van der Waals surface area contributed by atoms with E-state index in [9.17, 15) is 13.2 Å². The van der Waals surface area contributed by atoms with Crippen molar-refractivity contribution >= 4 is 0 Å². The van der Waals surface area contributed by atoms with Gasteiger partial charge in [-0.15, -0.1) is 0 Å². The smallest absolute Gasteiger partial charge is 0.311 e. The van der Waals surface area contributed by atoms with E-state index in [1.807, 2.05) is 0 Å². The van der Waals surface area contributed by atoms with E-state index in [2.05, 4.69) is 10.2 Å². The Balaban J connectivity index is 1.38. The van der Waals surface area contributed by atoms with Gasteiger partial charge in [-0.2, -0.15) is 13.2 Å². The first-order chi connectivity index (χ1) is 9.50. The summed E-state index contributed by atoms with van der Waals surface area (Å²) in [6.45, 7) is 2.25. The van der Waals surface area contributed by atoms with Crippen LogP contribution in [-0.4, -0.2) is 42.8 Å². The number of alkyl halides is 3. The van der Waals surface area contributed by atoms with Gasteiger partial charge in [0.1, 0.15) is 0 Å². The first kappa shape index (κ1) is 14.6. The maximum Gasteiger partial charge on any atom is 0.391 e. The number of nitrogens with one attached hydrogen (secondary N) is 1. The van der Waals surface area contributed by atoms with Crippen LogP contribution in [-0.2, 0) is 0 Å². The Labute approximate surface area is 119 Å². The minimum absolute atomic E-state index is 0.293. The number of piperidine rings is 2. The lowest BCUT2D eigenvalue weighted by molar-refractivity contribution is -0.185. The lowest BCUT2D eigenvalue weighted by Crippen LogP contribution is -2.41. The molecule has 0 aromatic rings. The summed E-state index contributed by atoms with van der Waals surface area (Å²) in [6.07, 6.45) is 2.95. The highest BCUT2D eigenvalue weighted by atomic mass is 19.4. The molecule has 0 amide bonds. The Bertz CT molecular complexity index is 312. The van der Waals surface area contributed by atoms with Gasteiger partial charge in [-0.05, 0) is 70.5 Å². The number of rotatable bonds is 3. The SMILES string of the molecule is FC(F)(F)C1CCN(CCC2CC3CCC(C2)N3)CC1. The van der Waals surface area contributed by atoms with Crippen molar-refractivity contribution in [1.29, 1.82) is 0 Å². The van der Waals surface area contributed by atoms with E-state index in [4.69, 9.17) is 0 Å². The number of fused-ring (bicyclic) bond motifs is 2. The van der Waals surface area contributed by atoms with Gasteiger partial charge < -0.3 is 10.2 Å². The van der Waals surface area contributed by atoms with Gasteiger partial charge in [0.25, 0.3) is 0 Å². The topological polar surface area (TPSA) is 15.3 Å². The Kier molecular flexibility index (Phi) is 4.27. The number of hydrogen-bond donors (Lipinski definition) is 1. The van der Waals surface area contributed by atoms with Crippen LogP contribution < -0.4 is 5.32 Å². The molecular formula is C15H25F3N2. The quantitative estimate of drug-likeness (QED) is 0.859. The Morgan fingerprint density at radius 1 is 0.950 bits per heavy atom. The molecule has 116 valence electrons. The number of nitrogens with zero attached hydrogens (tertiary/aromatic N) is 1. The van der Waals surface area contributed by atoms with Crippen LogP contribution >= 0.6 is 0 Å². The van der Waals surface area contributed by atoms with E-state index in [1.165, 1.54) is 32.1 Å². The van der Waals surface area contributed by atoms with Crippen LogP contribution in [0.3, 0.4) is 0 Å². The summed E-state index contributed by atoms with van der Waals surface area (Å²) in [5.74, 6) is -0.275. The summed E-state index contributed by atoms with van der Waals surface area (Å²) in [4.78, 5) is 2.24. The first-order valence-corrected chi connectivity index (χ1v) is 8.06. The highest BCUT2D eigenvalue weighted by Gasteiger charge is 2.41. The van der Waals surface area contributed by atoms with Crippen LogP contribution in [0, 0.1) is 11.8 Å². The molecule has 0 aliphatic carbocycles. The van der Waals surface area contributed by atoms with Crippen molar-refractivity contribution in [3.63, 3.8) is 0 Å². The number of halogens is 3. The van der Waals surface area contributed by atoms with E-state index < -0.39 is 12.1 Å². The van der Waals surface area contributed by atoms with E-state index in [1.54, 1.807) is 0 Å². The maximum atomic E-state index is 12.6. The van der Waals surface area contributed by atoms with Gasteiger partial charge in [0.05, 0.1) is 5.92 Å². The predicted molar refractivity (Wildman–Crippen MR) is 72.5 cm³/mol. The van der Waals surface area contributed by atoms with Crippen LogP contribution in [0.4, 0.5) is 13.2 Å². The predicted octanol–water partition coefficient (Wildman–Crippen LogP) is 3.18. The van der Waals surface area contributed by atoms with Gasteiger partial charge in [-0.25, -0.2) is 0 Å². The van der Waals surface area contributed by atoms with Crippen LogP contribution in [0.1, 0.15) is 44.9 Å². The maximum absolute atomic E-state index is 12.6. The zero-order valence-corrected chi connectivity index (χ0v) is 12.0. The third-order valence-electron chi connectivity index (χ3n) is 5.47. The van der Waals surface area contributed by atoms with Gasteiger partial charge in [0.2, 0.25) is 0 Å². The van der Waals surface area contributed by atoms with Crippen molar-refractivity contribution in [2.24, 2.45) is 11.8 Å². The minimum atomic E-state index is -3.99. The second kappa shape index (κ2) is 5.84. The Morgan fingerprint density at radius 2 is 1.55 bits per heavy atom. The van der Waals surface area contributed by atoms with E-state index in [0.29, 0.717) is 25.9 Å². The van der Waals surface area contributed by atoms with E-state index in [0.717, 1.165) is 24.5 Å². The molecule has 5 heteroatoms. The summed E-state index contributed by atoms with van der Waals surface area (Å²) < 4.78 is 37.8. The standard InChI is InChI=1S/C15H25F3N2/c16-15(17,18)12-4-7-20(8-5-12)6-3-11-9-13-1-2-14(10-11)19-13/h11-14,19H,1-10H2. The monoisotopic (exact) mass is 290 g/mol. The van der Waals surface area contributed by atoms with Crippen LogP contribution in [0.25, 0.3) is 0 Å². The average Bonchev–Trinajstić information content (AvgIpc) is 2.75. The molecule has 2 nitrogen and oxygen atoms in total. The molecule has 3 fully saturated rings.